The summed E-state index contributed by atoms with van der Waals surface area (Å²) in [7, 11) is 1.94. The molecule has 1 nitrogen and oxygen atoms in total. The van der Waals surface area contributed by atoms with Gasteiger partial charge in [0.15, 0.2) is 0 Å². The second-order valence-electron chi connectivity index (χ2n) is 2.57. The van der Waals surface area contributed by atoms with Gasteiger partial charge in [0.1, 0.15) is 0 Å². The first kappa shape index (κ1) is 12.5. The maximum absolute atomic E-state index is 5.82. The number of hydrogen-bond donors (Lipinski definition) is 1. The third-order valence-electron chi connectivity index (χ3n) is 1.78. The van der Waals surface area contributed by atoms with Crippen molar-refractivity contribution >= 4 is 11.6 Å². The summed E-state index contributed by atoms with van der Waals surface area (Å²) >= 11 is 5.82. The second-order valence-corrected chi connectivity index (χ2v) is 3.00. The van der Waals surface area contributed by atoms with Gasteiger partial charge in [0.05, 0.1) is 0 Å². The SMILES string of the molecule is CC.CNC(C)c1cccc(Cl)c1. The number of halogens is 1. The molecule has 0 bridgehead atoms. The summed E-state index contributed by atoms with van der Waals surface area (Å²) in [6.07, 6.45) is 0. The van der Waals surface area contributed by atoms with E-state index in [-0.39, 0.29) is 0 Å². The van der Waals surface area contributed by atoms with Gasteiger partial charge in [-0.25, -0.2) is 0 Å². The third kappa shape index (κ3) is 4.30. The smallest absolute Gasteiger partial charge is 0.0409 e. The summed E-state index contributed by atoms with van der Waals surface area (Å²) < 4.78 is 0. The first-order valence-electron chi connectivity index (χ1n) is 4.67. The fourth-order valence-corrected chi connectivity index (χ4v) is 1.14. The lowest BCUT2D eigenvalue weighted by Gasteiger charge is -2.09. The Bertz CT molecular complexity index is 235. The molecule has 0 saturated carbocycles. The van der Waals surface area contributed by atoms with E-state index in [2.05, 4.69) is 18.3 Å². The van der Waals surface area contributed by atoms with Crippen molar-refractivity contribution in [3.8, 4) is 0 Å². The van der Waals surface area contributed by atoms with Crippen LogP contribution in [0.5, 0.6) is 0 Å². The molecule has 0 saturated heterocycles. The third-order valence-corrected chi connectivity index (χ3v) is 2.02. The first-order chi connectivity index (χ1) is 6.24. The Morgan fingerprint density at radius 3 is 2.38 bits per heavy atom. The van der Waals surface area contributed by atoms with Gasteiger partial charge >= 0.3 is 0 Å². The average molecular weight is 200 g/mol. The summed E-state index contributed by atoms with van der Waals surface area (Å²) in [6.45, 7) is 6.10. The van der Waals surface area contributed by atoms with E-state index < -0.39 is 0 Å². The minimum Gasteiger partial charge on any atom is -0.313 e. The second kappa shape index (κ2) is 6.93. The normalized spacial score (nSPS) is 11.5. The van der Waals surface area contributed by atoms with Gasteiger partial charge in [-0.2, -0.15) is 0 Å². The summed E-state index contributed by atoms with van der Waals surface area (Å²) in [6, 6.07) is 8.25. The topological polar surface area (TPSA) is 12.0 Å². The van der Waals surface area contributed by atoms with E-state index in [1.165, 1.54) is 5.56 Å². The highest BCUT2D eigenvalue weighted by atomic mass is 35.5. The molecular weight excluding hydrogens is 182 g/mol. The molecule has 2 heteroatoms. The molecule has 0 amide bonds. The van der Waals surface area contributed by atoms with Crippen LogP contribution in [-0.4, -0.2) is 7.05 Å². The molecule has 1 atom stereocenters. The lowest BCUT2D eigenvalue weighted by Crippen LogP contribution is -2.11. The van der Waals surface area contributed by atoms with Crippen molar-refractivity contribution in [3.05, 3.63) is 34.9 Å². The fourth-order valence-electron chi connectivity index (χ4n) is 0.943. The zero-order valence-electron chi connectivity index (χ0n) is 8.76. The fraction of sp³-hybridized carbons (Fsp3) is 0.455. The lowest BCUT2D eigenvalue weighted by molar-refractivity contribution is 0.652. The van der Waals surface area contributed by atoms with E-state index in [9.17, 15) is 0 Å². The van der Waals surface area contributed by atoms with Gasteiger partial charge in [0.2, 0.25) is 0 Å². The Balaban J connectivity index is 0.000000671. The predicted molar refractivity (Wildman–Crippen MR) is 60.3 cm³/mol. The molecule has 0 spiro atoms. The van der Waals surface area contributed by atoms with Crippen LogP contribution in [0.15, 0.2) is 24.3 Å². The first-order valence-corrected chi connectivity index (χ1v) is 5.04. The van der Waals surface area contributed by atoms with Crippen LogP contribution in [0, 0.1) is 0 Å². The maximum Gasteiger partial charge on any atom is 0.0409 e. The lowest BCUT2D eigenvalue weighted by atomic mass is 10.1. The van der Waals surface area contributed by atoms with Crippen molar-refractivity contribution in [2.45, 2.75) is 26.8 Å². The Hall–Kier alpha value is -0.530. The molecule has 1 rings (SSSR count). The molecule has 74 valence electrons. The highest BCUT2D eigenvalue weighted by Crippen LogP contribution is 2.16. The van der Waals surface area contributed by atoms with Crippen LogP contribution < -0.4 is 5.32 Å². The van der Waals surface area contributed by atoms with Gasteiger partial charge in [-0.15, -0.1) is 0 Å². The summed E-state index contributed by atoms with van der Waals surface area (Å²) in [4.78, 5) is 0. The Morgan fingerprint density at radius 2 is 1.92 bits per heavy atom. The minimum absolute atomic E-state index is 0.369. The highest BCUT2D eigenvalue weighted by Gasteiger charge is 2.00. The van der Waals surface area contributed by atoms with Crippen LogP contribution in [0.25, 0.3) is 0 Å². The Morgan fingerprint density at radius 1 is 1.31 bits per heavy atom. The van der Waals surface area contributed by atoms with E-state index in [1.54, 1.807) is 0 Å². The molecule has 1 aromatic rings. The predicted octanol–water partition coefficient (Wildman–Crippen LogP) is 3.65. The molecule has 0 heterocycles. The molecule has 1 unspecified atom stereocenters. The Labute approximate surface area is 86.1 Å². The van der Waals surface area contributed by atoms with Gasteiger partial charge in [0.25, 0.3) is 0 Å². The van der Waals surface area contributed by atoms with Crippen molar-refractivity contribution in [2.24, 2.45) is 0 Å². The molecule has 0 fully saturated rings. The number of rotatable bonds is 2. The largest absolute Gasteiger partial charge is 0.313 e. The van der Waals surface area contributed by atoms with E-state index in [1.807, 2.05) is 39.1 Å². The van der Waals surface area contributed by atoms with Crippen LogP contribution in [0.1, 0.15) is 32.4 Å². The molecule has 1 N–H and O–H groups in total. The van der Waals surface area contributed by atoms with Crippen LogP contribution in [0.2, 0.25) is 5.02 Å². The zero-order chi connectivity index (χ0) is 10.3. The molecule has 0 aliphatic rings. The van der Waals surface area contributed by atoms with Gasteiger partial charge < -0.3 is 5.32 Å². The molecule has 0 aromatic heterocycles. The van der Waals surface area contributed by atoms with Gasteiger partial charge in [-0.1, -0.05) is 37.6 Å². The number of nitrogens with one attached hydrogen (secondary N) is 1. The zero-order valence-corrected chi connectivity index (χ0v) is 9.52. The molecular formula is C11H18ClN. The minimum atomic E-state index is 0.369. The molecule has 0 radical (unpaired) electrons. The van der Waals surface area contributed by atoms with E-state index in [0.717, 1.165) is 5.02 Å². The van der Waals surface area contributed by atoms with Crippen molar-refractivity contribution in [2.75, 3.05) is 7.05 Å². The summed E-state index contributed by atoms with van der Waals surface area (Å²) in [5, 5.41) is 3.95. The quantitative estimate of drug-likeness (QED) is 0.767. The van der Waals surface area contributed by atoms with Crippen molar-refractivity contribution in [1.29, 1.82) is 0 Å². The highest BCUT2D eigenvalue weighted by molar-refractivity contribution is 6.30. The molecule has 0 aliphatic heterocycles. The van der Waals surface area contributed by atoms with Crippen molar-refractivity contribution < 1.29 is 0 Å². The van der Waals surface area contributed by atoms with E-state index in [0.29, 0.717) is 6.04 Å². The van der Waals surface area contributed by atoms with Crippen LogP contribution >= 0.6 is 11.6 Å². The van der Waals surface area contributed by atoms with E-state index in [4.69, 9.17) is 11.6 Å². The van der Waals surface area contributed by atoms with Gasteiger partial charge in [-0.05, 0) is 31.7 Å². The monoisotopic (exact) mass is 199 g/mol. The van der Waals surface area contributed by atoms with Gasteiger partial charge in [0, 0.05) is 11.1 Å². The number of benzene rings is 1. The Kier molecular flexibility index (Phi) is 6.65. The van der Waals surface area contributed by atoms with Crippen LogP contribution in [-0.2, 0) is 0 Å². The molecule has 1 aromatic carbocycles. The number of hydrogen-bond acceptors (Lipinski definition) is 1. The van der Waals surface area contributed by atoms with Crippen LogP contribution in [0.4, 0.5) is 0 Å². The van der Waals surface area contributed by atoms with Gasteiger partial charge in [-0.3, -0.25) is 0 Å². The van der Waals surface area contributed by atoms with Crippen molar-refractivity contribution in [1.82, 2.24) is 5.32 Å². The average Bonchev–Trinajstić information content (AvgIpc) is 2.20. The standard InChI is InChI=1S/C9H12ClN.C2H6/c1-7(11-2)8-4-3-5-9(10)6-8;1-2/h3-7,11H,1-2H3;1-2H3. The molecule has 0 aliphatic carbocycles. The summed E-state index contributed by atoms with van der Waals surface area (Å²) in [5.41, 5.74) is 1.22. The summed E-state index contributed by atoms with van der Waals surface area (Å²) in [5.74, 6) is 0. The maximum atomic E-state index is 5.82. The van der Waals surface area contributed by atoms with Crippen LogP contribution in [0.3, 0.4) is 0 Å². The van der Waals surface area contributed by atoms with Crippen molar-refractivity contribution in [3.63, 3.8) is 0 Å². The van der Waals surface area contributed by atoms with E-state index >= 15 is 0 Å². The molecule has 13 heavy (non-hydrogen) atoms.